The summed E-state index contributed by atoms with van der Waals surface area (Å²) in [5.74, 6) is 0.344. The molecule has 0 aromatic heterocycles. The normalized spacial score (nSPS) is 25.5. The lowest BCUT2D eigenvalue weighted by Gasteiger charge is -2.28. The van der Waals surface area contributed by atoms with Crippen molar-refractivity contribution in [1.82, 2.24) is 5.32 Å². The maximum atomic E-state index is 10.3. The monoisotopic (exact) mass is 365 g/mol. The molecule has 3 rings (SSSR count). The Bertz CT molecular complexity index is 652. The number of aromatic hydroxyl groups is 1. The highest BCUT2D eigenvalue weighted by molar-refractivity contribution is 5.50. The second-order valence-electron chi connectivity index (χ2n) is 8.76. The summed E-state index contributed by atoms with van der Waals surface area (Å²) in [5, 5.41) is 23.7. The van der Waals surface area contributed by atoms with E-state index >= 15 is 0 Å². The van der Waals surface area contributed by atoms with Gasteiger partial charge in [-0.25, -0.2) is 0 Å². The number of benzene rings is 1. The zero-order valence-electron chi connectivity index (χ0n) is 16.3. The molecular formula is C20H31NO5. The minimum absolute atomic E-state index is 0.0471. The van der Waals surface area contributed by atoms with Crippen molar-refractivity contribution in [3.63, 3.8) is 0 Å². The fourth-order valence-corrected chi connectivity index (χ4v) is 3.57. The number of rotatable bonds is 5. The van der Waals surface area contributed by atoms with E-state index in [1.807, 2.05) is 13.8 Å². The summed E-state index contributed by atoms with van der Waals surface area (Å²) in [5.41, 5.74) is 1.75. The van der Waals surface area contributed by atoms with Crippen LogP contribution in [0.15, 0.2) is 12.1 Å². The topological polar surface area (TPSA) is 80.2 Å². The van der Waals surface area contributed by atoms with Crippen LogP contribution in [0.25, 0.3) is 0 Å². The van der Waals surface area contributed by atoms with Gasteiger partial charge in [0.25, 0.3) is 0 Å². The molecule has 1 saturated heterocycles. The van der Waals surface area contributed by atoms with Crippen LogP contribution in [-0.2, 0) is 22.3 Å². The highest BCUT2D eigenvalue weighted by Crippen LogP contribution is 2.42. The molecule has 146 valence electrons. The third kappa shape index (κ3) is 4.49. The van der Waals surface area contributed by atoms with Gasteiger partial charge in [-0.3, -0.25) is 0 Å². The van der Waals surface area contributed by atoms with Crippen LogP contribution >= 0.6 is 0 Å². The summed E-state index contributed by atoms with van der Waals surface area (Å²) >= 11 is 0. The predicted octanol–water partition coefficient (Wildman–Crippen LogP) is 2.14. The Balaban J connectivity index is 1.68. The van der Waals surface area contributed by atoms with Crippen molar-refractivity contribution in [3.8, 4) is 11.5 Å². The number of hydrogen-bond acceptors (Lipinski definition) is 6. The van der Waals surface area contributed by atoms with Crippen LogP contribution in [-0.4, -0.2) is 53.0 Å². The van der Waals surface area contributed by atoms with Crippen LogP contribution in [0.3, 0.4) is 0 Å². The van der Waals surface area contributed by atoms with E-state index in [-0.39, 0.29) is 30.1 Å². The lowest BCUT2D eigenvalue weighted by atomic mass is 9.86. The number of aliphatic hydroxyl groups excluding tert-OH is 1. The second-order valence-corrected chi connectivity index (χ2v) is 8.76. The zero-order valence-corrected chi connectivity index (χ0v) is 16.3. The zero-order chi connectivity index (χ0) is 19.1. The summed E-state index contributed by atoms with van der Waals surface area (Å²) in [7, 11) is 0. The quantitative estimate of drug-likeness (QED) is 0.742. The summed E-state index contributed by atoms with van der Waals surface area (Å²) in [6, 6.07) is 3.41. The molecule has 0 amide bonds. The molecule has 3 N–H and O–H groups in total. The number of ether oxygens (including phenoxy) is 3. The van der Waals surface area contributed by atoms with Gasteiger partial charge in [-0.2, -0.15) is 0 Å². The number of phenols is 1. The van der Waals surface area contributed by atoms with Crippen molar-refractivity contribution >= 4 is 0 Å². The van der Waals surface area contributed by atoms with Gasteiger partial charge in [0.1, 0.15) is 24.2 Å². The third-order valence-corrected chi connectivity index (χ3v) is 4.76. The van der Waals surface area contributed by atoms with Crippen molar-refractivity contribution in [3.05, 3.63) is 23.3 Å². The van der Waals surface area contributed by atoms with E-state index in [1.54, 1.807) is 12.1 Å². The van der Waals surface area contributed by atoms with E-state index in [4.69, 9.17) is 14.2 Å². The van der Waals surface area contributed by atoms with Crippen molar-refractivity contribution in [2.24, 2.45) is 0 Å². The Labute approximate surface area is 155 Å². The SMILES string of the molecule is CC(C)(C)NCC(O)COc1ccc(O)c2c1C[C@@H]1OC(C)(C)O[C@@H]1C2. The van der Waals surface area contributed by atoms with Gasteiger partial charge in [-0.1, -0.05) is 0 Å². The lowest BCUT2D eigenvalue weighted by molar-refractivity contribution is -0.145. The molecule has 1 unspecified atom stereocenters. The number of aliphatic hydroxyl groups is 1. The van der Waals surface area contributed by atoms with E-state index in [2.05, 4.69) is 26.1 Å². The first-order valence-corrected chi connectivity index (χ1v) is 9.29. The molecule has 3 atom stereocenters. The first-order chi connectivity index (χ1) is 12.0. The van der Waals surface area contributed by atoms with E-state index in [0.29, 0.717) is 25.1 Å². The standard InChI is InChI=1S/C20H31NO5/c1-19(2,3)21-10-12(22)11-24-16-7-6-15(23)13-8-17-18(9-14(13)16)26-20(4,5)25-17/h6-7,12,17-18,21-23H,8-11H2,1-5H3/t12?,17-,18+/m1/s1. The molecule has 0 radical (unpaired) electrons. The number of fused-ring (bicyclic) bond motifs is 2. The van der Waals surface area contributed by atoms with Crippen LogP contribution in [0.1, 0.15) is 45.7 Å². The largest absolute Gasteiger partial charge is 0.508 e. The number of hydrogen-bond donors (Lipinski definition) is 3. The average molecular weight is 365 g/mol. The number of β-amino-alcohol motifs (C(OH)–C–C–N with tert-alkyl or cyclic N) is 1. The van der Waals surface area contributed by atoms with Gasteiger partial charge in [0.05, 0.1) is 12.2 Å². The van der Waals surface area contributed by atoms with Gasteiger partial charge in [0, 0.05) is 36.1 Å². The molecule has 26 heavy (non-hydrogen) atoms. The average Bonchev–Trinajstić information content (AvgIpc) is 2.83. The van der Waals surface area contributed by atoms with Gasteiger partial charge < -0.3 is 29.7 Å². The third-order valence-electron chi connectivity index (χ3n) is 4.76. The van der Waals surface area contributed by atoms with Crippen molar-refractivity contribution < 1.29 is 24.4 Å². The lowest BCUT2D eigenvalue weighted by Crippen LogP contribution is -2.42. The minimum Gasteiger partial charge on any atom is -0.508 e. The molecule has 1 fully saturated rings. The highest BCUT2D eigenvalue weighted by Gasteiger charge is 2.45. The Hall–Kier alpha value is -1.34. The van der Waals surface area contributed by atoms with E-state index < -0.39 is 11.9 Å². The number of phenolic OH excluding ortho intramolecular Hbond substituents is 1. The van der Waals surface area contributed by atoms with E-state index in [0.717, 1.165) is 11.1 Å². The van der Waals surface area contributed by atoms with Gasteiger partial charge >= 0.3 is 0 Å². The van der Waals surface area contributed by atoms with Crippen molar-refractivity contribution in [2.75, 3.05) is 13.2 Å². The van der Waals surface area contributed by atoms with Gasteiger partial charge in [-0.05, 0) is 46.8 Å². The number of nitrogens with one attached hydrogen (secondary N) is 1. The smallest absolute Gasteiger partial charge is 0.163 e. The molecule has 6 heteroatoms. The van der Waals surface area contributed by atoms with E-state index in [9.17, 15) is 10.2 Å². The molecule has 0 saturated carbocycles. The molecule has 1 aliphatic heterocycles. The summed E-state index contributed by atoms with van der Waals surface area (Å²) in [6.07, 6.45) is 0.513. The van der Waals surface area contributed by atoms with Crippen LogP contribution in [0.5, 0.6) is 11.5 Å². The summed E-state index contributed by atoms with van der Waals surface area (Å²) < 4.78 is 17.8. The molecule has 0 bridgehead atoms. The summed E-state index contributed by atoms with van der Waals surface area (Å²) in [6.45, 7) is 10.6. The van der Waals surface area contributed by atoms with Crippen LogP contribution in [0, 0.1) is 0 Å². The van der Waals surface area contributed by atoms with Crippen LogP contribution in [0.2, 0.25) is 0 Å². The second kappa shape index (κ2) is 7.00. The Morgan fingerprint density at radius 2 is 1.81 bits per heavy atom. The van der Waals surface area contributed by atoms with Crippen molar-refractivity contribution in [1.29, 1.82) is 0 Å². The fraction of sp³-hybridized carbons (Fsp3) is 0.700. The van der Waals surface area contributed by atoms with E-state index in [1.165, 1.54) is 0 Å². The highest BCUT2D eigenvalue weighted by atomic mass is 16.7. The summed E-state index contributed by atoms with van der Waals surface area (Å²) in [4.78, 5) is 0. The maximum absolute atomic E-state index is 10.3. The van der Waals surface area contributed by atoms with Gasteiger partial charge in [0.2, 0.25) is 0 Å². The van der Waals surface area contributed by atoms with Crippen molar-refractivity contribution in [2.45, 2.75) is 77.1 Å². The molecule has 1 heterocycles. The maximum Gasteiger partial charge on any atom is 0.163 e. The molecular weight excluding hydrogens is 334 g/mol. The van der Waals surface area contributed by atoms with Gasteiger partial charge in [-0.15, -0.1) is 0 Å². The first-order valence-electron chi connectivity index (χ1n) is 9.29. The minimum atomic E-state index is -0.611. The van der Waals surface area contributed by atoms with Gasteiger partial charge in [0.15, 0.2) is 5.79 Å². The Morgan fingerprint density at radius 1 is 1.19 bits per heavy atom. The first kappa shape index (κ1) is 19.4. The molecule has 6 nitrogen and oxygen atoms in total. The molecule has 1 aromatic carbocycles. The fourth-order valence-electron chi connectivity index (χ4n) is 3.57. The molecule has 2 aliphatic rings. The Morgan fingerprint density at radius 3 is 2.42 bits per heavy atom. The molecule has 1 aliphatic carbocycles. The van der Waals surface area contributed by atoms with Crippen LogP contribution < -0.4 is 10.1 Å². The molecule has 0 spiro atoms. The Kier molecular flexibility index (Phi) is 5.23. The van der Waals surface area contributed by atoms with Crippen LogP contribution in [0.4, 0.5) is 0 Å². The predicted molar refractivity (Wildman–Crippen MR) is 98.6 cm³/mol. The molecule has 1 aromatic rings.